The predicted molar refractivity (Wildman–Crippen MR) is 101 cm³/mol. The van der Waals surface area contributed by atoms with Crippen LogP contribution in [0.4, 0.5) is 0 Å². The van der Waals surface area contributed by atoms with Gasteiger partial charge in [0.25, 0.3) is 0 Å². The third-order valence-corrected chi connectivity index (χ3v) is 6.18. The lowest BCUT2D eigenvalue weighted by Gasteiger charge is -2.34. The van der Waals surface area contributed by atoms with Gasteiger partial charge in [-0.1, -0.05) is 12.2 Å². The number of allylic oxidation sites excluding steroid dienone is 2. The van der Waals surface area contributed by atoms with E-state index in [-0.39, 0.29) is 48.4 Å². The zero-order valence-electron chi connectivity index (χ0n) is 16.1. The van der Waals surface area contributed by atoms with Crippen molar-refractivity contribution in [2.75, 3.05) is 39.3 Å². The average molecular weight is 388 g/mol. The van der Waals surface area contributed by atoms with Crippen molar-refractivity contribution in [2.24, 2.45) is 11.8 Å². The van der Waals surface area contributed by atoms with Crippen LogP contribution in [0.15, 0.2) is 12.2 Å². The van der Waals surface area contributed by atoms with E-state index in [0.29, 0.717) is 51.6 Å². The maximum absolute atomic E-state index is 12.5. The Labute approximate surface area is 164 Å². The molecule has 8 nitrogen and oxygen atoms in total. The van der Waals surface area contributed by atoms with Gasteiger partial charge in [-0.25, -0.2) is 0 Å². The lowest BCUT2D eigenvalue weighted by molar-refractivity contribution is -0.141. The highest BCUT2D eigenvalue weighted by atomic mass is 16.2. The van der Waals surface area contributed by atoms with Crippen LogP contribution < -0.4 is 5.32 Å². The number of likely N-dealkylation sites (tertiary alicyclic amines) is 1. The molecule has 2 aliphatic heterocycles. The molecule has 2 heterocycles. The van der Waals surface area contributed by atoms with Crippen molar-refractivity contribution in [1.29, 1.82) is 0 Å². The van der Waals surface area contributed by atoms with Gasteiger partial charge in [0.1, 0.15) is 0 Å². The van der Waals surface area contributed by atoms with E-state index in [2.05, 4.69) is 10.2 Å². The Balaban J connectivity index is 1.20. The maximum atomic E-state index is 12.5. The van der Waals surface area contributed by atoms with Gasteiger partial charge < -0.3 is 10.2 Å². The van der Waals surface area contributed by atoms with Gasteiger partial charge in [0.05, 0.1) is 18.4 Å². The van der Waals surface area contributed by atoms with Crippen LogP contribution in [-0.4, -0.2) is 83.6 Å². The number of amides is 4. The van der Waals surface area contributed by atoms with Crippen LogP contribution in [0, 0.1) is 11.8 Å². The molecular formula is C20H28N4O4. The Morgan fingerprint density at radius 1 is 0.964 bits per heavy atom. The largest absolute Gasteiger partial charge is 0.352 e. The van der Waals surface area contributed by atoms with E-state index in [1.54, 1.807) is 4.90 Å². The molecule has 28 heavy (non-hydrogen) atoms. The van der Waals surface area contributed by atoms with Gasteiger partial charge >= 0.3 is 0 Å². The number of hydrogen-bond donors (Lipinski definition) is 1. The minimum Gasteiger partial charge on any atom is -0.352 e. The summed E-state index contributed by atoms with van der Waals surface area (Å²) in [5, 5.41) is 2.98. The number of carbonyl (C=O) groups excluding carboxylic acids is 4. The first-order valence-corrected chi connectivity index (χ1v) is 10.3. The number of nitrogens with zero attached hydrogens (tertiary/aromatic N) is 3. The van der Waals surface area contributed by atoms with Gasteiger partial charge in [0.2, 0.25) is 23.6 Å². The summed E-state index contributed by atoms with van der Waals surface area (Å²) in [5.74, 6) is -0.701. The molecule has 2 saturated heterocycles. The highest BCUT2D eigenvalue weighted by molar-refractivity contribution is 6.05. The second kappa shape index (κ2) is 8.03. The second-order valence-corrected chi connectivity index (χ2v) is 8.23. The normalized spacial score (nSPS) is 27.9. The molecule has 0 spiro atoms. The molecular weight excluding hydrogens is 360 g/mol. The molecule has 8 heteroatoms. The first-order valence-electron chi connectivity index (χ1n) is 10.3. The fourth-order valence-electron chi connectivity index (χ4n) is 4.31. The van der Waals surface area contributed by atoms with E-state index in [9.17, 15) is 19.2 Å². The Hall–Kier alpha value is -2.22. The van der Waals surface area contributed by atoms with Crippen molar-refractivity contribution in [3.8, 4) is 0 Å². The SMILES string of the molecule is O=C(CN1CCN(C(=O)CCN2C(=O)[C@H]3CC=CC[C@@H]3C2=O)CC1)NC1CC1. The molecule has 4 rings (SSSR count). The van der Waals surface area contributed by atoms with Gasteiger partial charge in [0, 0.05) is 45.2 Å². The lowest BCUT2D eigenvalue weighted by Crippen LogP contribution is -2.51. The molecule has 0 aromatic heterocycles. The minimum absolute atomic E-state index is 0.0318. The first kappa shape index (κ1) is 19.1. The number of fused-ring (bicyclic) bond motifs is 1. The highest BCUT2D eigenvalue weighted by Crippen LogP contribution is 2.35. The molecule has 1 N–H and O–H groups in total. The zero-order valence-corrected chi connectivity index (χ0v) is 16.1. The summed E-state index contributed by atoms with van der Waals surface area (Å²) in [5.41, 5.74) is 0. The third-order valence-electron chi connectivity index (χ3n) is 6.18. The fourth-order valence-corrected chi connectivity index (χ4v) is 4.31. The standard InChI is InChI=1S/C20H28N4O4/c25-17(21-14-5-6-14)13-22-9-11-23(12-10-22)18(26)7-8-24-19(27)15-3-1-2-4-16(15)20(24)28/h1-2,14-16H,3-13H2,(H,21,25)/t15-,16-/m0/s1. The Kier molecular flexibility index (Phi) is 5.48. The molecule has 2 aliphatic carbocycles. The Morgan fingerprint density at radius 3 is 2.14 bits per heavy atom. The molecule has 1 saturated carbocycles. The maximum Gasteiger partial charge on any atom is 0.234 e. The molecule has 4 aliphatic rings. The monoisotopic (exact) mass is 388 g/mol. The molecule has 0 aromatic carbocycles. The Morgan fingerprint density at radius 2 is 1.57 bits per heavy atom. The molecule has 2 atom stereocenters. The van der Waals surface area contributed by atoms with Crippen molar-refractivity contribution in [3.63, 3.8) is 0 Å². The molecule has 0 aromatic rings. The molecule has 0 radical (unpaired) electrons. The van der Waals surface area contributed by atoms with E-state index >= 15 is 0 Å². The summed E-state index contributed by atoms with van der Waals surface area (Å²) in [4.78, 5) is 54.5. The quantitative estimate of drug-likeness (QED) is 0.501. The molecule has 0 unspecified atom stereocenters. The minimum atomic E-state index is -0.238. The summed E-state index contributed by atoms with van der Waals surface area (Å²) in [7, 11) is 0. The van der Waals surface area contributed by atoms with E-state index in [1.165, 1.54) is 4.90 Å². The van der Waals surface area contributed by atoms with Crippen LogP contribution >= 0.6 is 0 Å². The van der Waals surface area contributed by atoms with E-state index in [1.807, 2.05) is 12.2 Å². The van der Waals surface area contributed by atoms with Crippen molar-refractivity contribution in [2.45, 2.75) is 38.1 Å². The van der Waals surface area contributed by atoms with Gasteiger partial charge in [-0.05, 0) is 25.7 Å². The zero-order chi connectivity index (χ0) is 19.7. The van der Waals surface area contributed by atoms with Gasteiger partial charge in [-0.15, -0.1) is 0 Å². The number of carbonyl (C=O) groups is 4. The molecule has 152 valence electrons. The summed E-state index contributed by atoms with van der Waals surface area (Å²) in [6.07, 6.45) is 7.50. The number of piperazine rings is 1. The molecule has 3 fully saturated rings. The predicted octanol–water partition coefficient (Wildman–Crippen LogP) is -0.249. The topological polar surface area (TPSA) is 90.0 Å². The van der Waals surface area contributed by atoms with Crippen LogP contribution in [0.1, 0.15) is 32.1 Å². The Bertz CT molecular complexity index is 668. The summed E-state index contributed by atoms with van der Waals surface area (Å²) in [6.45, 7) is 3.04. The fraction of sp³-hybridized carbons (Fsp3) is 0.700. The third kappa shape index (κ3) is 4.11. The summed E-state index contributed by atoms with van der Waals surface area (Å²) in [6, 6.07) is 0.367. The van der Waals surface area contributed by atoms with E-state index in [0.717, 1.165) is 12.8 Å². The van der Waals surface area contributed by atoms with Crippen molar-refractivity contribution >= 4 is 23.6 Å². The van der Waals surface area contributed by atoms with Gasteiger partial charge in [-0.3, -0.25) is 29.0 Å². The van der Waals surface area contributed by atoms with Crippen molar-refractivity contribution in [3.05, 3.63) is 12.2 Å². The van der Waals surface area contributed by atoms with Crippen LogP contribution in [-0.2, 0) is 19.2 Å². The summed E-state index contributed by atoms with van der Waals surface area (Å²) < 4.78 is 0. The number of nitrogens with one attached hydrogen (secondary N) is 1. The number of hydrogen-bond acceptors (Lipinski definition) is 5. The average Bonchev–Trinajstić information content (AvgIpc) is 3.47. The first-order chi connectivity index (χ1) is 13.5. The van der Waals surface area contributed by atoms with Gasteiger partial charge in [0.15, 0.2) is 0 Å². The van der Waals surface area contributed by atoms with Crippen LogP contribution in [0.5, 0.6) is 0 Å². The van der Waals surface area contributed by atoms with Crippen LogP contribution in [0.25, 0.3) is 0 Å². The lowest BCUT2D eigenvalue weighted by atomic mass is 9.85. The smallest absolute Gasteiger partial charge is 0.234 e. The van der Waals surface area contributed by atoms with Crippen LogP contribution in [0.2, 0.25) is 0 Å². The molecule has 4 amide bonds. The van der Waals surface area contributed by atoms with Crippen molar-refractivity contribution in [1.82, 2.24) is 20.0 Å². The van der Waals surface area contributed by atoms with Crippen LogP contribution in [0.3, 0.4) is 0 Å². The van der Waals surface area contributed by atoms with E-state index in [4.69, 9.17) is 0 Å². The highest BCUT2D eigenvalue weighted by Gasteiger charge is 2.47. The van der Waals surface area contributed by atoms with Crippen molar-refractivity contribution < 1.29 is 19.2 Å². The molecule has 0 bridgehead atoms. The number of rotatable bonds is 6. The van der Waals surface area contributed by atoms with Gasteiger partial charge in [-0.2, -0.15) is 0 Å². The number of imide groups is 1. The van der Waals surface area contributed by atoms with E-state index < -0.39 is 0 Å². The summed E-state index contributed by atoms with van der Waals surface area (Å²) >= 11 is 0. The second-order valence-electron chi connectivity index (χ2n) is 8.23.